The van der Waals surface area contributed by atoms with Crippen molar-refractivity contribution in [2.75, 3.05) is 38.8 Å². The van der Waals surface area contributed by atoms with E-state index in [1.54, 1.807) is 0 Å². The lowest BCUT2D eigenvalue weighted by Crippen LogP contribution is -2.47. The fraction of sp³-hybridized carbons (Fsp3) is 0.467. The van der Waals surface area contributed by atoms with Crippen molar-refractivity contribution < 1.29 is 4.79 Å². The molecule has 114 valence electrons. The van der Waals surface area contributed by atoms with Gasteiger partial charge in [-0.25, -0.2) is 4.98 Å². The van der Waals surface area contributed by atoms with E-state index in [1.807, 2.05) is 6.07 Å². The molecule has 0 saturated carbocycles. The van der Waals surface area contributed by atoms with Crippen LogP contribution in [0.4, 0.5) is 5.82 Å². The van der Waals surface area contributed by atoms with Crippen molar-refractivity contribution in [1.82, 2.24) is 9.88 Å². The minimum absolute atomic E-state index is 0.644. The van der Waals surface area contributed by atoms with E-state index in [2.05, 4.69) is 41.6 Å². The molecule has 6 heteroatoms. The second kappa shape index (κ2) is 6.98. The third-order valence-corrected chi connectivity index (χ3v) is 4.37. The zero-order chi connectivity index (χ0) is 15.4. The van der Waals surface area contributed by atoms with E-state index in [-0.39, 0.29) is 0 Å². The zero-order valence-electron chi connectivity index (χ0n) is 12.7. The third kappa shape index (κ3) is 3.58. The van der Waals surface area contributed by atoms with Crippen molar-refractivity contribution in [3.8, 4) is 0 Å². The van der Waals surface area contributed by atoms with Crippen LogP contribution in [-0.2, 0) is 0 Å². The first kappa shape index (κ1) is 15.9. The van der Waals surface area contributed by atoms with Crippen LogP contribution in [0.2, 0.25) is 0 Å². The third-order valence-electron chi connectivity index (χ3n) is 3.39. The molecule has 1 aliphatic rings. The second-order valence-corrected chi connectivity index (χ2v) is 6.40. The smallest absolute Gasteiger partial charge is 0.160 e. The lowest BCUT2D eigenvalue weighted by Gasteiger charge is -2.37. The van der Waals surface area contributed by atoms with Gasteiger partial charge in [-0.05, 0) is 38.2 Å². The lowest BCUT2D eigenvalue weighted by atomic mass is 10.1. The topological polar surface area (TPSA) is 62.5 Å². The maximum absolute atomic E-state index is 10.8. The number of anilines is 1. The molecule has 0 bridgehead atoms. The van der Waals surface area contributed by atoms with Crippen LogP contribution in [0.3, 0.4) is 0 Å². The highest BCUT2D eigenvalue weighted by atomic mass is 32.1. The van der Waals surface area contributed by atoms with Crippen LogP contribution >= 0.6 is 11.3 Å². The molecule has 2 aromatic heterocycles. The minimum Gasteiger partial charge on any atom is -0.343 e. The molecule has 21 heavy (non-hydrogen) atoms. The first-order valence-corrected chi connectivity index (χ1v) is 7.84. The van der Waals surface area contributed by atoms with Gasteiger partial charge in [-0.1, -0.05) is 6.92 Å². The number of carbonyl (C=O) groups excluding carboxylic acids is 1. The van der Waals surface area contributed by atoms with Crippen LogP contribution in [0.1, 0.15) is 16.6 Å². The minimum atomic E-state index is 0.644. The maximum atomic E-state index is 10.8. The number of rotatable bonds is 2. The maximum Gasteiger partial charge on any atom is 0.160 e. The molecule has 1 atom stereocenters. The number of thiophene rings is 1. The molecular formula is C15H22N4OS. The summed E-state index contributed by atoms with van der Waals surface area (Å²) >= 11 is 1.46. The quantitative estimate of drug-likeness (QED) is 0.860. The summed E-state index contributed by atoms with van der Waals surface area (Å²) in [5.41, 5.74) is 4.50. The fourth-order valence-electron chi connectivity index (χ4n) is 2.70. The molecular weight excluding hydrogens is 284 g/mol. The molecule has 0 spiro atoms. The number of hydrogen-bond acceptors (Lipinski definition) is 6. The summed E-state index contributed by atoms with van der Waals surface area (Å²) in [7, 11) is 3.64. The van der Waals surface area contributed by atoms with Gasteiger partial charge in [0.05, 0.1) is 11.5 Å². The molecule has 5 nitrogen and oxygen atoms in total. The molecule has 3 heterocycles. The molecule has 1 saturated heterocycles. The molecule has 1 unspecified atom stereocenters. The van der Waals surface area contributed by atoms with Gasteiger partial charge in [-0.3, -0.25) is 9.69 Å². The van der Waals surface area contributed by atoms with E-state index in [9.17, 15) is 4.79 Å². The van der Waals surface area contributed by atoms with Crippen LogP contribution in [0.5, 0.6) is 0 Å². The summed E-state index contributed by atoms with van der Waals surface area (Å²) in [6, 6.07) is 6.00. The monoisotopic (exact) mass is 306 g/mol. The van der Waals surface area contributed by atoms with Gasteiger partial charge >= 0.3 is 0 Å². The molecule has 0 amide bonds. The Morgan fingerprint density at radius 1 is 1.38 bits per heavy atom. The number of aromatic nitrogens is 1. The Balaban J connectivity index is 0.000000774. The zero-order valence-corrected chi connectivity index (χ0v) is 13.6. The summed E-state index contributed by atoms with van der Waals surface area (Å²) in [5, 5.41) is 1.05. The van der Waals surface area contributed by atoms with Gasteiger partial charge in [0.1, 0.15) is 10.6 Å². The number of pyridine rings is 1. The summed E-state index contributed by atoms with van der Waals surface area (Å²) in [5.74, 6) is 1.65. The van der Waals surface area contributed by atoms with Crippen molar-refractivity contribution in [2.24, 2.45) is 11.7 Å². The second-order valence-electron chi connectivity index (χ2n) is 5.34. The lowest BCUT2D eigenvalue weighted by molar-refractivity contribution is 0.112. The van der Waals surface area contributed by atoms with E-state index in [0.717, 1.165) is 47.0 Å². The van der Waals surface area contributed by atoms with Gasteiger partial charge in [-0.15, -0.1) is 11.3 Å². The molecule has 0 aliphatic carbocycles. The highest BCUT2D eigenvalue weighted by Crippen LogP contribution is 2.26. The summed E-state index contributed by atoms with van der Waals surface area (Å²) in [6.45, 7) is 5.34. The van der Waals surface area contributed by atoms with Crippen LogP contribution in [0.25, 0.3) is 10.2 Å². The first-order chi connectivity index (χ1) is 10.2. The highest BCUT2D eigenvalue weighted by Gasteiger charge is 2.21. The van der Waals surface area contributed by atoms with Crippen LogP contribution in [0, 0.1) is 5.92 Å². The Morgan fingerprint density at radius 3 is 2.81 bits per heavy atom. The molecule has 1 aliphatic heterocycles. The van der Waals surface area contributed by atoms with E-state index in [0.29, 0.717) is 5.92 Å². The van der Waals surface area contributed by atoms with Crippen LogP contribution in [0.15, 0.2) is 18.2 Å². The SMILES string of the molecule is CC1CN(C)CN(c2ccc3cc(C=O)sc3n2)C1.CN. The van der Waals surface area contributed by atoms with Gasteiger partial charge in [0.15, 0.2) is 6.29 Å². The van der Waals surface area contributed by atoms with Crippen molar-refractivity contribution in [2.45, 2.75) is 6.92 Å². The van der Waals surface area contributed by atoms with Gasteiger partial charge < -0.3 is 10.6 Å². The molecule has 0 aromatic carbocycles. The number of aldehydes is 1. The number of carbonyl (C=O) groups is 1. The van der Waals surface area contributed by atoms with E-state index in [1.165, 1.54) is 18.4 Å². The largest absolute Gasteiger partial charge is 0.343 e. The molecule has 2 N–H and O–H groups in total. The fourth-order valence-corrected chi connectivity index (χ4v) is 3.54. The predicted molar refractivity (Wildman–Crippen MR) is 89.1 cm³/mol. The van der Waals surface area contributed by atoms with E-state index >= 15 is 0 Å². The Kier molecular flexibility index (Phi) is 5.27. The number of nitrogens with two attached hydrogens (primary N) is 1. The van der Waals surface area contributed by atoms with Gasteiger partial charge in [-0.2, -0.15) is 0 Å². The molecule has 0 radical (unpaired) electrons. The normalized spacial score (nSPS) is 19.2. The molecule has 1 fully saturated rings. The Hall–Kier alpha value is -1.50. The van der Waals surface area contributed by atoms with Crippen LogP contribution in [-0.4, -0.2) is 50.0 Å². The van der Waals surface area contributed by atoms with Gasteiger partial charge in [0.2, 0.25) is 0 Å². The van der Waals surface area contributed by atoms with Crippen molar-refractivity contribution in [3.63, 3.8) is 0 Å². The molecule has 3 rings (SSSR count). The Labute approximate surface area is 129 Å². The van der Waals surface area contributed by atoms with Gasteiger partial charge in [0, 0.05) is 18.5 Å². The Morgan fingerprint density at radius 2 is 2.14 bits per heavy atom. The van der Waals surface area contributed by atoms with Crippen LogP contribution < -0.4 is 10.6 Å². The Bertz CT molecular complexity index is 603. The number of nitrogens with zero attached hydrogens (tertiary/aromatic N) is 3. The predicted octanol–water partition coefficient (Wildman–Crippen LogP) is 2.03. The average Bonchev–Trinajstić information content (AvgIpc) is 2.90. The van der Waals surface area contributed by atoms with Gasteiger partial charge in [0.25, 0.3) is 0 Å². The highest BCUT2D eigenvalue weighted by molar-refractivity contribution is 7.20. The first-order valence-electron chi connectivity index (χ1n) is 7.02. The summed E-state index contributed by atoms with van der Waals surface area (Å²) < 4.78 is 0. The average molecular weight is 306 g/mol. The van der Waals surface area contributed by atoms with E-state index < -0.39 is 0 Å². The number of fused-ring (bicyclic) bond motifs is 1. The van der Waals surface area contributed by atoms with E-state index in [4.69, 9.17) is 4.98 Å². The molecule has 2 aromatic rings. The summed E-state index contributed by atoms with van der Waals surface area (Å²) in [6.07, 6.45) is 0.892. The van der Waals surface area contributed by atoms with Crippen molar-refractivity contribution in [1.29, 1.82) is 0 Å². The van der Waals surface area contributed by atoms with Crippen molar-refractivity contribution in [3.05, 3.63) is 23.1 Å². The summed E-state index contributed by atoms with van der Waals surface area (Å²) in [4.78, 5) is 21.8. The standard InChI is InChI=1S/C14H17N3OS.CH5N/c1-10-6-16(2)9-17(7-10)13-4-3-11-5-12(8-18)19-14(11)15-13;1-2/h3-5,8,10H,6-7,9H2,1-2H3;2H2,1H3. The number of hydrogen-bond donors (Lipinski definition) is 1. The van der Waals surface area contributed by atoms with Crippen molar-refractivity contribution >= 4 is 33.7 Å².